The number of rotatable bonds is 7. The summed E-state index contributed by atoms with van der Waals surface area (Å²) < 4.78 is 15.4. The van der Waals surface area contributed by atoms with Crippen LogP contribution in [0.25, 0.3) is 0 Å². The highest BCUT2D eigenvalue weighted by Crippen LogP contribution is 2.15. The third kappa shape index (κ3) is 7.17. The van der Waals surface area contributed by atoms with Crippen LogP contribution >= 0.6 is 0 Å². The van der Waals surface area contributed by atoms with Crippen LogP contribution in [-0.4, -0.2) is 37.4 Å². The first-order valence-corrected chi connectivity index (χ1v) is 7.65. The van der Waals surface area contributed by atoms with Gasteiger partial charge < -0.3 is 19.5 Å². The molecule has 24 heavy (non-hydrogen) atoms. The maximum Gasteiger partial charge on any atom is 0.408 e. The van der Waals surface area contributed by atoms with E-state index in [0.717, 1.165) is 5.56 Å². The molecule has 1 amide bonds. The average Bonchev–Trinajstić information content (AvgIpc) is 2.50. The maximum atomic E-state index is 11.9. The molecule has 6 nitrogen and oxygen atoms in total. The lowest BCUT2D eigenvalue weighted by molar-refractivity contribution is -0.143. The fourth-order valence-corrected chi connectivity index (χ4v) is 1.94. The number of ether oxygens (including phenoxy) is 3. The van der Waals surface area contributed by atoms with Gasteiger partial charge in [-0.3, -0.25) is 0 Å². The molecule has 1 atom stereocenters. The molecular formula is C18H25NO5. The first-order valence-electron chi connectivity index (χ1n) is 7.65. The lowest BCUT2D eigenvalue weighted by atomic mass is 10.1. The van der Waals surface area contributed by atoms with Gasteiger partial charge in [-0.1, -0.05) is 24.8 Å². The van der Waals surface area contributed by atoms with E-state index >= 15 is 0 Å². The van der Waals surface area contributed by atoms with E-state index in [0.29, 0.717) is 12.4 Å². The molecule has 132 valence electrons. The Morgan fingerprint density at radius 1 is 1.33 bits per heavy atom. The van der Waals surface area contributed by atoms with E-state index < -0.39 is 23.7 Å². The van der Waals surface area contributed by atoms with E-state index in [1.165, 1.54) is 7.11 Å². The number of nitrogens with one attached hydrogen (secondary N) is 1. The van der Waals surface area contributed by atoms with E-state index in [1.54, 1.807) is 39.0 Å². The lowest BCUT2D eigenvalue weighted by Crippen LogP contribution is -2.45. The van der Waals surface area contributed by atoms with Crippen molar-refractivity contribution in [1.29, 1.82) is 0 Å². The van der Waals surface area contributed by atoms with Crippen molar-refractivity contribution < 1.29 is 23.8 Å². The molecule has 1 unspecified atom stereocenters. The molecule has 0 aliphatic heterocycles. The minimum Gasteiger partial charge on any atom is -0.490 e. The lowest BCUT2D eigenvalue weighted by Gasteiger charge is -2.22. The number of esters is 1. The van der Waals surface area contributed by atoms with Gasteiger partial charge in [0, 0.05) is 6.42 Å². The SMILES string of the molecule is C=CCOc1cccc(CC(NC(=O)OC(C)(C)C)C(=O)OC)c1. The zero-order valence-electron chi connectivity index (χ0n) is 14.6. The Bertz CT molecular complexity index is 577. The number of carbonyl (C=O) groups excluding carboxylic acids is 2. The maximum absolute atomic E-state index is 11.9. The second kappa shape index (κ2) is 8.96. The number of hydrogen-bond acceptors (Lipinski definition) is 5. The summed E-state index contributed by atoms with van der Waals surface area (Å²) in [6.45, 7) is 9.23. The van der Waals surface area contributed by atoms with E-state index in [1.807, 2.05) is 12.1 Å². The molecule has 6 heteroatoms. The summed E-state index contributed by atoms with van der Waals surface area (Å²) in [4.78, 5) is 23.8. The van der Waals surface area contributed by atoms with Gasteiger partial charge in [0.15, 0.2) is 0 Å². The third-order valence-electron chi connectivity index (χ3n) is 2.88. The monoisotopic (exact) mass is 335 g/mol. The molecule has 0 fully saturated rings. The Balaban J connectivity index is 2.81. The summed E-state index contributed by atoms with van der Waals surface area (Å²) in [7, 11) is 1.27. The Morgan fingerprint density at radius 2 is 2.04 bits per heavy atom. The fraction of sp³-hybridized carbons (Fsp3) is 0.444. The van der Waals surface area contributed by atoms with Crippen LogP contribution in [0.5, 0.6) is 5.75 Å². The molecule has 0 radical (unpaired) electrons. The van der Waals surface area contributed by atoms with E-state index in [9.17, 15) is 9.59 Å². The van der Waals surface area contributed by atoms with Crippen LogP contribution in [0.3, 0.4) is 0 Å². The number of methoxy groups -OCH3 is 1. The Hall–Kier alpha value is -2.50. The van der Waals surface area contributed by atoms with Crippen molar-refractivity contribution in [3.63, 3.8) is 0 Å². The molecule has 0 aliphatic carbocycles. The van der Waals surface area contributed by atoms with Crippen molar-refractivity contribution in [2.24, 2.45) is 0 Å². The molecule has 0 spiro atoms. The molecule has 1 aromatic carbocycles. The summed E-state index contributed by atoms with van der Waals surface area (Å²) in [5.74, 6) is 0.117. The molecule has 0 heterocycles. The molecule has 0 saturated heterocycles. The number of benzene rings is 1. The first kappa shape index (κ1) is 19.5. The smallest absolute Gasteiger partial charge is 0.408 e. The number of amides is 1. The second-order valence-corrected chi connectivity index (χ2v) is 6.17. The fourth-order valence-electron chi connectivity index (χ4n) is 1.94. The zero-order valence-corrected chi connectivity index (χ0v) is 14.6. The molecular weight excluding hydrogens is 310 g/mol. The van der Waals surface area contributed by atoms with Crippen LogP contribution in [0.2, 0.25) is 0 Å². The average molecular weight is 335 g/mol. The van der Waals surface area contributed by atoms with Crippen molar-refractivity contribution in [2.45, 2.75) is 38.8 Å². The molecule has 0 bridgehead atoms. The van der Waals surface area contributed by atoms with Crippen LogP contribution in [-0.2, 0) is 20.7 Å². The molecule has 1 aromatic rings. The van der Waals surface area contributed by atoms with E-state index in [-0.39, 0.29) is 6.42 Å². The van der Waals surface area contributed by atoms with Crippen LogP contribution in [0, 0.1) is 0 Å². The largest absolute Gasteiger partial charge is 0.490 e. The van der Waals surface area contributed by atoms with Gasteiger partial charge in [0.05, 0.1) is 7.11 Å². The van der Waals surface area contributed by atoms with Gasteiger partial charge in [-0.25, -0.2) is 9.59 Å². The Morgan fingerprint density at radius 3 is 2.62 bits per heavy atom. The predicted molar refractivity (Wildman–Crippen MR) is 91.0 cm³/mol. The highest BCUT2D eigenvalue weighted by molar-refractivity contribution is 5.81. The van der Waals surface area contributed by atoms with Crippen molar-refractivity contribution in [1.82, 2.24) is 5.32 Å². The van der Waals surface area contributed by atoms with Gasteiger partial charge in [-0.2, -0.15) is 0 Å². The molecule has 0 aromatic heterocycles. The first-order chi connectivity index (χ1) is 11.2. The topological polar surface area (TPSA) is 73.9 Å². The van der Waals surface area contributed by atoms with Gasteiger partial charge in [-0.05, 0) is 38.5 Å². The molecule has 0 saturated carbocycles. The van der Waals surface area contributed by atoms with Gasteiger partial charge in [0.1, 0.15) is 24.0 Å². The molecule has 0 aliphatic rings. The second-order valence-electron chi connectivity index (χ2n) is 6.17. The summed E-state index contributed by atoms with van der Waals surface area (Å²) in [6, 6.07) is 6.42. The molecule has 1 rings (SSSR count). The Labute approximate surface area is 142 Å². The number of carbonyl (C=O) groups is 2. The number of hydrogen-bond donors (Lipinski definition) is 1. The summed E-state index contributed by atoms with van der Waals surface area (Å²) >= 11 is 0. The van der Waals surface area contributed by atoms with Gasteiger partial charge in [-0.15, -0.1) is 0 Å². The van der Waals surface area contributed by atoms with Crippen LogP contribution < -0.4 is 10.1 Å². The minimum absolute atomic E-state index is 0.261. The van der Waals surface area contributed by atoms with Crippen LogP contribution in [0.15, 0.2) is 36.9 Å². The predicted octanol–water partition coefficient (Wildman–Crippen LogP) is 2.86. The van der Waals surface area contributed by atoms with E-state index in [4.69, 9.17) is 14.2 Å². The normalized spacial score (nSPS) is 12.0. The zero-order chi connectivity index (χ0) is 18.2. The summed E-state index contributed by atoms with van der Waals surface area (Å²) in [5.41, 5.74) is 0.173. The van der Waals surface area contributed by atoms with Crippen molar-refractivity contribution in [3.8, 4) is 5.75 Å². The van der Waals surface area contributed by atoms with Crippen molar-refractivity contribution in [3.05, 3.63) is 42.5 Å². The van der Waals surface area contributed by atoms with Crippen LogP contribution in [0.4, 0.5) is 4.79 Å². The van der Waals surface area contributed by atoms with Gasteiger partial charge in [0.2, 0.25) is 0 Å². The van der Waals surface area contributed by atoms with Gasteiger partial charge in [0.25, 0.3) is 0 Å². The Kier molecular flexibility index (Phi) is 7.30. The highest BCUT2D eigenvalue weighted by Gasteiger charge is 2.25. The minimum atomic E-state index is -0.848. The highest BCUT2D eigenvalue weighted by atomic mass is 16.6. The van der Waals surface area contributed by atoms with Crippen molar-refractivity contribution >= 4 is 12.1 Å². The summed E-state index contributed by atoms with van der Waals surface area (Å²) in [6.07, 6.45) is 1.24. The van der Waals surface area contributed by atoms with Crippen molar-refractivity contribution in [2.75, 3.05) is 13.7 Å². The van der Waals surface area contributed by atoms with E-state index in [2.05, 4.69) is 11.9 Å². The standard InChI is InChI=1S/C18H25NO5/c1-6-10-23-14-9-7-8-13(11-14)12-15(16(20)22-5)19-17(21)24-18(2,3)4/h6-9,11,15H,1,10,12H2,2-5H3,(H,19,21). The van der Waals surface area contributed by atoms with Crippen LogP contribution in [0.1, 0.15) is 26.3 Å². The van der Waals surface area contributed by atoms with Gasteiger partial charge >= 0.3 is 12.1 Å². The third-order valence-corrected chi connectivity index (χ3v) is 2.88. The number of alkyl carbamates (subject to hydrolysis) is 1. The quantitative estimate of drug-likeness (QED) is 0.613. The summed E-state index contributed by atoms with van der Waals surface area (Å²) in [5, 5.41) is 2.54. The molecule has 1 N–H and O–H groups in total.